The number of nitrogens with one attached hydrogen (secondary N) is 2. The number of nitrogens with zero attached hydrogens (tertiary/aromatic N) is 6. The third-order valence-corrected chi connectivity index (χ3v) is 6.87. The number of benzene rings is 1. The van der Waals surface area contributed by atoms with Crippen LogP contribution in [0.3, 0.4) is 0 Å². The Morgan fingerprint density at radius 3 is 2.47 bits per heavy atom. The van der Waals surface area contributed by atoms with Crippen molar-refractivity contribution in [3.05, 3.63) is 65.7 Å². The van der Waals surface area contributed by atoms with Gasteiger partial charge in [-0.25, -0.2) is 9.97 Å². The molecule has 12 nitrogen and oxygen atoms in total. The van der Waals surface area contributed by atoms with Crippen LogP contribution >= 0.6 is 0 Å². The summed E-state index contributed by atoms with van der Waals surface area (Å²) in [5.41, 5.74) is 4.67. The first-order chi connectivity index (χ1) is 20.1. The number of rotatable bonds is 7. The van der Waals surface area contributed by atoms with Crippen LogP contribution in [-0.4, -0.2) is 46.7 Å². The van der Waals surface area contributed by atoms with Crippen LogP contribution in [0.4, 0.5) is 13.2 Å². The number of hydrogen-bond acceptors (Lipinski definition) is 8. The molecule has 0 saturated heterocycles. The number of nitrogens with two attached hydrogens (primary N) is 1. The number of imidazole rings is 1. The van der Waals surface area contributed by atoms with E-state index in [0.717, 1.165) is 6.07 Å². The number of fused-ring (bicyclic) bond motifs is 1. The number of carbonyl (C=O) groups is 2. The summed E-state index contributed by atoms with van der Waals surface area (Å²) in [7, 11) is 0. The number of amides is 2. The van der Waals surface area contributed by atoms with Crippen molar-refractivity contribution in [3.8, 4) is 22.5 Å². The van der Waals surface area contributed by atoms with E-state index in [2.05, 4.69) is 35.5 Å². The van der Waals surface area contributed by atoms with E-state index in [1.807, 2.05) is 20.8 Å². The van der Waals surface area contributed by atoms with Crippen molar-refractivity contribution in [3.63, 3.8) is 0 Å². The van der Waals surface area contributed by atoms with E-state index in [4.69, 9.17) is 10.3 Å². The van der Waals surface area contributed by atoms with E-state index in [9.17, 15) is 22.8 Å². The second-order valence-corrected chi connectivity index (χ2v) is 11.5. The van der Waals surface area contributed by atoms with Crippen LogP contribution in [-0.2, 0) is 28.5 Å². The van der Waals surface area contributed by atoms with Gasteiger partial charge in [-0.1, -0.05) is 38.1 Å². The van der Waals surface area contributed by atoms with Gasteiger partial charge in [0.1, 0.15) is 16.9 Å². The van der Waals surface area contributed by atoms with Crippen LogP contribution in [0.5, 0.6) is 0 Å². The molecule has 15 heteroatoms. The van der Waals surface area contributed by atoms with Gasteiger partial charge in [-0.3, -0.25) is 14.3 Å². The summed E-state index contributed by atoms with van der Waals surface area (Å²) in [6, 6.07) is 5.37. The summed E-state index contributed by atoms with van der Waals surface area (Å²) in [5.74, 6) is -1.06. The van der Waals surface area contributed by atoms with Crippen LogP contribution < -0.4 is 11.1 Å². The summed E-state index contributed by atoms with van der Waals surface area (Å²) in [4.78, 5) is 40.3. The number of hydrogen-bond donors (Lipinski definition) is 3. The number of carbonyl (C=O) groups excluding carboxylic acids is 2. The van der Waals surface area contributed by atoms with Gasteiger partial charge < -0.3 is 20.6 Å². The lowest BCUT2D eigenvalue weighted by Gasteiger charge is -2.20. The molecule has 4 heterocycles. The highest BCUT2D eigenvalue weighted by Crippen LogP contribution is 2.37. The Bertz CT molecular complexity index is 1850. The third kappa shape index (κ3) is 5.69. The molecular formula is C28H28F3N9O3. The SMILES string of the molecule is CC(C)(C)c1noc(C(=O)NCc2ccc(-c3ccnc4[nH]c(-c5cnn(C(C)(C)C(N)=O)c5)nc34)cc2C(F)(F)F)n1. The van der Waals surface area contributed by atoms with Gasteiger partial charge in [0.05, 0.1) is 17.3 Å². The minimum Gasteiger partial charge on any atom is -0.368 e. The smallest absolute Gasteiger partial charge is 0.368 e. The molecule has 4 aromatic heterocycles. The molecule has 2 amide bonds. The summed E-state index contributed by atoms with van der Waals surface area (Å²) >= 11 is 0. The van der Waals surface area contributed by atoms with Gasteiger partial charge in [0.25, 0.3) is 0 Å². The van der Waals surface area contributed by atoms with E-state index in [1.165, 1.54) is 29.2 Å². The van der Waals surface area contributed by atoms with Crippen LogP contribution in [0, 0.1) is 0 Å². The summed E-state index contributed by atoms with van der Waals surface area (Å²) in [5, 5.41) is 10.4. The zero-order chi connectivity index (χ0) is 31.3. The maximum atomic E-state index is 14.2. The quantitative estimate of drug-likeness (QED) is 0.249. The Hall–Kier alpha value is -5.08. The molecule has 0 spiro atoms. The van der Waals surface area contributed by atoms with Crippen molar-refractivity contribution in [2.45, 2.75) is 58.3 Å². The number of primary amides is 1. The van der Waals surface area contributed by atoms with E-state index in [-0.39, 0.29) is 17.0 Å². The molecule has 0 aliphatic carbocycles. The predicted octanol–water partition coefficient (Wildman–Crippen LogP) is 4.34. The Labute approximate surface area is 242 Å². The summed E-state index contributed by atoms with van der Waals surface area (Å²) < 4.78 is 49.0. The first-order valence-corrected chi connectivity index (χ1v) is 13.1. The van der Waals surface area contributed by atoms with Gasteiger partial charge in [0, 0.05) is 29.9 Å². The van der Waals surface area contributed by atoms with Crippen molar-refractivity contribution < 1.29 is 27.3 Å². The van der Waals surface area contributed by atoms with Gasteiger partial charge in [0.2, 0.25) is 5.91 Å². The fourth-order valence-corrected chi connectivity index (χ4v) is 4.18. The Morgan fingerprint density at radius 1 is 1.07 bits per heavy atom. The van der Waals surface area contributed by atoms with Crippen molar-refractivity contribution in [1.82, 2.24) is 40.2 Å². The van der Waals surface area contributed by atoms with Crippen molar-refractivity contribution in [2.24, 2.45) is 5.73 Å². The lowest BCUT2D eigenvalue weighted by Crippen LogP contribution is -2.41. The zero-order valence-corrected chi connectivity index (χ0v) is 23.9. The lowest BCUT2D eigenvalue weighted by atomic mass is 9.96. The molecule has 0 saturated carbocycles. The van der Waals surface area contributed by atoms with Crippen molar-refractivity contribution in [1.29, 1.82) is 0 Å². The predicted molar refractivity (Wildman–Crippen MR) is 148 cm³/mol. The maximum Gasteiger partial charge on any atom is 0.416 e. The number of alkyl halides is 3. The highest BCUT2D eigenvalue weighted by atomic mass is 19.4. The van der Waals surface area contributed by atoms with E-state index in [0.29, 0.717) is 33.9 Å². The molecule has 0 unspecified atom stereocenters. The molecule has 0 aliphatic rings. The number of H-pyrrole nitrogens is 1. The summed E-state index contributed by atoms with van der Waals surface area (Å²) in [6.07, 6.45) is -0.183. The number of halogens is 3. The van der Waals surface area contributed by atoms with Gasteiger partial charge in [-0.15, -0.1) is 0 Å². The van der Waals surface area contributed by atoms with Crippen LogP contribution in [0.25, 0.3) is 33.7 Å². The van der Waals surface area contributed by atoms with Gasteiger partial charge in [0.15, 0.2) is 11.5 Å². The van der Waals surface area contributed by atoms with Gasteiger partial charge in [-0.05, 0) is 37.1 Å². The highest BCUT2D eigenvalue weighted by molar-refractivity contribution is 5.92. The Kier molecular flexibility index (Phi) is 7.06. The molecule has 0 aliphatic heterocycles. The van der Waals surface area contributed by atoms with Crippen molar-refractivity contribution in [2.75, 3.05) is 0 Å². The fraction of sp³-hybridized carbons (Fsp3) is 0.321. The Balaban J connectivity index is 1.45. The summed E-state index contributed by atoms with van der Waals surface area (Å²) in [6.45, 7) is 8.30. The van der Waals surface area contributed by atoms with E-state index in [1.54, 1.807) is 26.1 Å². The van der Waals surface area contributed by atoms with Gasteiger partial charge in [-0.2, -0.15) is 23.3 Å². The molecule has 5 rings (SSSR count). The Morgan fingerprint density at radius 2 is 1.81 bits per heavy atom. The van der Waals surface area contributed by atoms with Crippen LogP contribution in [0.15, 0.2) is 47.4 Å². The zero-order valence-electron chi connectivity index (χ0n) is 23.9. The molecular weight excluding hydrogens is 567 g/mol. The monoisotopic (exact) mass is 595 g/mol. The van der Waals surface area contributed by atoms with Crippen molar-refractivity contribution >= 4 is 23.0 Å². The lowest BCUT2D eigenvalue weighted by molar-refractivity contribution is -0.138. The molecule has 43 heavy (non-hydrogen) atoms. The minimum atomic E-state index is -4.72. The fourth-order valence-electron chi connectivity index (χ4n) is 4.18. The first-order valence-electron chi connectivity index (χ1n) is 13.1. The molecule has 5 aromatic rings. The molecule has 0 bridgehead atoms. The first kappa shape index (κ1) is 29.4. The molecule has 0 radical (unpaired) electrons. The minimum absolute atomic E-state index is 0.155. The van der Waals surface area contributed by atoms with E-state index < -0.39 is 41.1 Å². The molecule has 224 valence electrons. The standard InChI is InChI=1S/C28H28F3N9O3/c1-26(2,3)25-38-23(43-39-25)22(41)34-11-15-7-6-14(10-18(15)28(29,30)31)17-8-9-33-21-19(17)36-20(37-21)16-12-35-40(13-16)27(4,5)24(32)42/h6-10,12-13H,11H2,1-5H3,(H2,32,42)(H,34,41)(H,33,36,37). The second-order valence-electron chi connectivity index (χ2n) is 11.5. The molecule has 1 aromatic carbocycles. The topological polar surface area (TPSA) is 170 Å². The number of aromatic nitrogens is 7. The molecule has 0 fully saturated rings. The van der Waals surface area contributed by atoms with Crippen LogP contribution in [0.1, 0.15) is 62.3 Å². The van der Waals surface area contributed by atoms with Gasteiger partial charge >= 0.3 is 18.0 Å². The largest absolute Gasteiger partial charge is 0.416 e. The second kappa shape index (κ2) is 10.3. The molecule has 0 atom stereocenters. The average Bonchev–Trinajstić information content (AvgIpc) is 3.69. The van der Waals surface area contributed by atoms with E-state index >= 15 is 0 Å². The average molecular weight is 596 g/mol. The number of aromatic amines is 1. The normalized spacial score (nSPS) is 12.6. The number of pyridine rings is 1. The highest BCUT2D eigenvalue weighted by Gasteiger charge is 2.34. The third-order valence-electron chi connectivity index (χ3n) is 6.87. The maximum absolute atomic E-state index is 14.2. The van der Waals surface area contributed by atoms with Crippen LogP contribution in [0.2, 0.25) is 0 Å². The molecule has 4 N–H and O–H groups in total.